The molecule has 4 rings (SSSR count). The van der Waals surface area contributed by atoms with Crippen molar-refractivity contribution in [3.8, 4) is 16.9 Å². The van der Waals surface area contributed by atoms with E-state index in [9.17, 15) is 19.5 Å². The summed E-state index contributed by atoms with van der Waals surface area (Å²) in [6.45, 7) is 1.15. The van der Waals surface area contributed by atoms with E-state index < -0.39 is 24.2 Å². The first kappa shape index (κ1) is 20.5. The Morgan fingerprint density at radius 2 is 1.90 bits per heavy atom. The highest BCUT2D eigenvalue weighted by atomic mass is 16.4. The van der Waals surface area contributed by atoms with E-state index in [1.807, 2.05) is 18.2 Å². The summed E-state index contributed by atoms with van der Waals surface area (Å²) < 4.78 is 1.56. The van der Waals surface area contributed by atoms with Gasteiger partial charge >= 0.3 is 5.97 Å². The summed E-state index contributed by atoms with van der Waals surface area (Å²) in [6.07, 6.45) is 1.36. The third-order valence-electron chi connectivity index (χ3n) is 5.17. The van der Waals surface area contributed by atoms with Crippen LogP contribution in [-0.2, 0) is 11.3 Å². The monoisotopic (exact) mass is 423 g/mol. The largest absolute Gasteiger partial charge is 0.505 e. The number of amides is 1. The Kier molecular flexibility index (Phi) is 5.65. The standard InChI is InChI=1S/C21H21N5O5/c27-17(28)10-23-20(30)18-19(29)15-6-14(13-4-2-1-3-5-13)21(31)26(16(15)9-22-18)11-12-7-24-25-8-12/h1-6,9,12,24-25,29H,7-8,10-11H2,(H,23,30)(H,27,28). The van der Waals surface area contributed by atoms with Crippen molar-refractivity contribution < 1.29 is 19.8 Å². The molecule has 0 unspecified atom stereocenters. The number of benzene rings is 1. The molecule has 0 radical (unpaired) electrons. The summed E-state index contributed by atoms with van der Waals surface area (Å²) in [5, 5.41) is 22.1. The molecule has 1 amide bonds. The number of carbonyl (C=O) groups excluding carboxylic acids is 1. The molecule has 31 heavy (non-hydrogen) atoms. The molecule has 0 atom stereocenters. The van der Waals surface area contributed by atoms with E-state index in [1.54, 1.807) is 22.8 Å². The molecule has 1 aromatic carbocycles. The molecule has 160 valence electrons. The van der Waals surface area contributed by atoms with Crippen LogP contribution in [0.1, 0.15) is 10.5 Å². The van der Waals surface area contributed by atoms with Crippen LogP contribution in [0.3, 0.4) is 0 Å². The number of hydrazine groups is 1. The second-order valence-electron chi connectivity index (χ2n) is 7.30. The van der Waals surface area contributed by atoms with Crippen molar-refractivity contribution in [2.45, 2.75) is 6.54 Å². The lowest BCUT2D eigenvalue weighted by molar-refractivity contribution is -0.135. The van der Waals surface area contributed by atoms with Crippen LogP contribution < -0.4 is 21.7 Å². The maximum atomic E-state index is 13.3. The fraction of sp³-hybridized carbons (Fsp3) is 0.238. The van der Waals surface area contributed by atoms with Gasteiger partial charge in [-0.15, -0.1) is 0 Å². The van der Waals surface area contributed by atoms with Crippen LogP contribution in [-0.4, -0.2) is 51.3 Å². The quantitative estimate of drug-likeness (QED) is 0.381. The third-order valence-corrected chi connectivity index (χ3v) is 5.17. The van der Waals surface area contributed by atoms with Crippen LogP contribution >= 0.6 is 0 Å². The van der Waals surface area contributed by atoms with Gasteiger partial charge in [-0.05, 0) is 11.6 Å². The van der Waals surface area contributed by atoms with E-state index in [2.05, 4.69) is 21.2 Å². The van der Waals surface area contributed by atoms with E-state index >= 15 is 0 Å². The van der Waals surface area contributed by atoms with Crippen molar-refractivity contribution in [3.05, 3.63) is 58.6 Å². The van der Waals surface area contributed by atoms with E-state index in [0.717, 1.165) is 0 Å². The molecule has 0 aliphatic carbocycles. The Bertz CT molecular complexity index is 1200. The lowest BCUT2D eigenvalue weighted by atomic mass is 10.0. The topological polar surface area (TPSA) is 146 Å². The van der Waals surface area contributed by atoms with Crippen LogP contribution in [0.2, 0.25) is 0 Å². The second kappa shape index (κ2) is 8.54. The number of aliphatic carboxylic acids is 1. The number of aromatic nitrogens is 2. The third kappa shape index (κ3) is 4.11. The summed E-state index contributed by atoms with van der Waals surface area (Å²) in [5.41, 5.74) is 6.99. The van der Waals surface area contributed by atoms with Gasteiger partial charge in [0.15, 0.2) is 11.4 Å². The summed E-state index contributed by atoms with van der Waals surface area (Å²) in [4.78, 5) is 40.4. The predicted molar refractivity (Wildman–Crippen MR) is 113 cm³/mol. The first-order chi connectivity index (χ1) is 15.0. The van der Waals surface area contributed by atoms with E-state index in [4.69, 9.17) is 5.11 Å². The van der Waals surface area contributed by atoms with Crippen molar-refractivity contribution >= 4 is 22.8 Å². The molecule has 0 saturated carbocycles. The molecule has 10 heteroatoms. The predicted octanol–water partition coefficient (Wildman–Crippen LogP) is 0.307. The van der Waals surface area contributed by atoms with Crippen LogP contribution in [0, 0.1) is 5.92 Å². The number of nitrogens with one attached hydrogen (secondary N) is 3. The zero-order chi connectivity index (χ0) is 22.0. The van der Waals surface area contributed by atoms with E-state index in [1.165, 1.54) is 6.20 Å². The average Bonchev–Trinajstić information content (AvgIpc) is 3.28. The fourth-order valence-corrected chi connectivity index (χ4v) is 3.63. The number of carbonyl (C=O) groups is 2. The zero-order valence-corrected chi connectivity index (χ0v) is 16.5. The fourth-order valence-electron chi connectivity index (χ4n) is 3.63. The summed E-state index contributed by atoms with van der Waals surface area (Å²) in [7, 11) is 0. The normalized spacial score (nSPS) is 14.1. The molecular formula is C21H21N5O5. The number of hydrogen-bond donors (Lipinski definition) is 5. The molecule has 0 spiro atoms. The van der Waals surface area contributed by atoms with Gasteiger partial charge in [-0.2, -0.15) is 0 Å². The Balaban J connectivity index is 1.88. The van der Waals surface area contributed by atoms with E-state index in [-0.39, 0.29) is 22.6 Å². The molecule has 2 aromatic heterocycles. The van der Waals surface area contributed by atoms with Crippen LogP contribution in [0.25, 0.3) is 22.0 Å². The van der Waals surface area contributed by atoms with E-state index in [0.29, 0.717) is 36.3 Å². The Hall–Kier alpha value is -3.76. The average molecular weight is 423 g/mol. The Morgan fingerprint density at radius 1 is 1.19 bits per heavy atom. The minimum absolute atomic E-state index is 0.146. The highest BCUT2D eigenvalue weighted by Gasteiger charge is 2.23. The van der Waals surface area contributed by atoms with Crippen LogP contribution in [0.15, 0.2) is 47.4 Å². The molecule has 3 aromatic rings. The van der Waals surface area contributed by atoms with Crippen molar-refractivity contribution in [3.63, 3.8) is 0 Å². The highest BCUT2D eigenvalue weighted by molar-refractivity contribution is 6.02. The lowest BCUT2D eigenvalue weighted by Gasteiger charge is -2.17. The first-order valence-corrected chi connectivity index (χ1v) is 9.72. The molecule has 1 aliphatic rings. The Morgan fingerprint density at radius 3 is 2.58 bits per heavy atom. The van der Waals surface area contributed by atoms with Gasteiger partial charge < -0.3 is 20.1 Å². The Labute approximate surface area is 176 Å². The maximum absolute atomic E-state index is 13.3. The molecule has 5 N–H and O–H groups in total. The van der Waals surface area contributed by atoms with Crippen molar-refractivity contribution in [2.24, 2.45) is 5.92 Å². The number of fused-ring (bicyclic) bond motifs is 1. The number of rotatable bonds is 6. The van der Waals surface area contributed by atoms with Gasteiger partial charge in [-0.3, -0.25) is 25.2 Å². The van der Waals surface area contributed by atoms with Crippen LogP contribution in [0.5, 0.6) is 5.75 Å². The van der Waals surface area contributed by atoms with Crippen molar-refractivity contribution in [2.75, 3.05) is 19.6 Å². The number of carboxylic acid groups (broad SMARTS) is 1. The summed E-state index contributed by atoms with van der Waals surface area (Å²) >= 11 is 0. The minimum atomic E-state index is -1.22. The van der Waals surface area contributed by atoms with Crippen molar-refractivity contribution in [1.82, 2.24) is 25.7 Å². The zero-order valence-electron chi connectivity index (χ0n) is 16.5. The summed E-state index contributed by atoms with van der Waals surface area (Å²) in [5.74, 6) is -2.29. The molecule has 1 aliphatic heterocycles. The van der Waals surface area contributed by atoms with Gasteiger partial charge in [-0.1, -0.05) is 30.3 Å². The molecule has 3 heterocycles. The van der Waals surface area contributed by atoms with Gasteiger partial charge in [0.1, 0.15) is 6.54 Å². The van der Waals surface area contributed by atoms with Gasteiger partial charge in [0.25, 0.3) is 11.5 Å². The molecule has 1 saturated heterocycles. The van der Waals surface area contributed by atoms with Gasteiger partial charge in [0.05, 0.1) is 11.7 Å². The molecular weight excluding hydrogens is 402 g/mol. The van der Waals surface area contributed by atoms with Gasteiger partial charge in [0.2, 0.25) is 0 Å². The van der Waals surface area contributed by atoms with Crippen LogP contribution in [0.4, 0.5) is 0 Å². The summed E-state index contributed by atoms with van der Waals surface area (Å²) in [6, 6.07) is 10.6. The maximum Gasteiger partial charge on any atom is 0.322 e. The molecule has 0 bridgehead atoms. The number of nitrogens with zero attached hydrogens (tertiary/aromatic N) is 2. The number of carboxylic acids is 1. The van der Waals surface area contributed by atoms with Crippen molar-refractivity contribution in [1.29, 1.82) is 0 Å². The molecule has 10 nitrogen and oxygen atoms in total. The van der Waals surface area contributed by atoms with Gasteiger partial charge in [0, 0.05) is 36.5 Å². The van der Waals surface area contributed by atoms with Gasteiger partial charge in [-0.25, -0.2) is 4.98 Å². The second-order valence-corrected chi connectivity index (χ2v) is 7.30. The highest BCUT2D eigenvalue weighted by Crippen LogP contribution is 2.30. The smallest absolute Gasteiger partial charge is 0.322 e. The SMILES string of the molecule is O=C(O)CNC(=O)c1ncc2c(cc(-c3ccccc3)c(=O)n2CC2CNNC2)c1O. The molecule has 1 fully saturated rings. The number of hydrogen-bond acceptors (Lipinski definition) is 7. The minimum Gasteiger partial charge on any atom is -0.505 e. The lowest BCUT2D eigenvalue weighted by Crippen LogP contribution is -2.30. The number of aromatic hydroxyl groups is 1. The number of pyridine rings is 2. The first-order valence-electron chi connectivity index (χ1n) is 9.72.